The van der Waals surface area contributed by atoms with Crippen molar-refractivity contribution in [2.75, 3.05) is 18.5 Å². The van der Waals surface area contributed by atoms with Crippen molar-refractivity contribution < 1.29 is 9.84 Å². The number of nitriles is 1. The first-order chi connectivity index (χ1) is 19.1. The highest BCUT2D eigenvalue weighted by molar-refractivity contribution is 5.68. The van der Waals surface area contributed by atoms with E-state index < -0.39 is 5.60 Å². The Morgan fingerprint density at radius 1 is 1.00 bits per heavy atom. The van der Waals surface area contributed by atoms with Crippen LogP contribution in [-0.2, 0) is 16.9 Å². The van der Waals surface area contributed by atoms with Crippen molar-refractivity contribution in [2.24, 2.45) is 0 Å². The van der Waals surface area contributed by atoms with Gasteiger partial charge in [-0.3, -0.25) is 4.98 Å². The molecule has 1 saturated heterocycles. The van der Waals surface area contributed by atoms with Gasteiger partial charge in [0.2, 0.25) is 5.95 Å². The third kappa shape index (κ3) is 5.65. The van der Waals surface area contributed by atoms with E-state index in [9.17, 15) is 10.4 Å². The highest BCUT2D eigenvalue weighted by Gasteiger charge is 2.34. The Bertz CT molecular complexity index is 1500. The van der Waals surface area contributed by atoms with E-state index in [2.05, 4.69) is 21.7 Å². The minimum absolute atomic E-state index is 0.219. The minimum atomic E-state index is -0.836. The fourth-order valence-corrected chi connectivity index (χ4v) is 5.27. The maximum absolute atomic E-state index is 11.0. The average molecular weight is 523 g/mol. The topological polar surface area (TPSA) is 135 Å². The van der Waals surface area contributed by atoms with Crippen LogP contribution >= 0.6 is 0 Å². The molecule has 0 bridgehead atoms. The molecule has 1 aliphatic carbocycles. The Morgan fingerprint density at radius 3 is 2.62 bits per heavy atom. The second-order valence-corrected chi connectivity index (χ2v) is 10.2. The predicted octanol–water partition coefficient (Wildman–Crippen LogP) is 4.07. The van der Waals surface area contributed by atoms with Gasteiger partial charge in [-0.05, 0) is 56.0 Å². The van der Waals surface area contributed by atoms with Gasteiger partial charge in [-0.1, -0.05) is 36.3 Å². The quantitative estimate of drug-likeness (QED) is 0.368. The van der Waals surface area contributed by atoms with Gasteiger partial charge in [-0.15, -0.1) is 5.10 Å². The summed E-state index contributed by atoms with van der Waals surface area (Å²) in [5.74, 6) is 0.505. The van der Waals surface area contributed by atoms with E-state index in [1.54, 1.807) is 10.7 Å². The van der Waals surface area contributed by atoms with E-state index in [4.69, 9.17) is 19.7 Å². The van der Waals surface area contributed by atoms with Gasteiger partial charge in [0.15, 0.2) is 0 Å². The van der Waals surface area contributed by atoms with E-state index in [1.807, 2.05) is 48.7 Å². The van der Waals surface area contributed by atoms with Crippen LogP contribution in [0.4, 0.5) is 5.95 Å². The van der Waals surface area contributed by atoms with Gasteiger partial charge in [0, 0.05) is 24.8 Å². The molecule has 2 N–H and O–H groups in total. The highest BCUT2D eigenvalue weighted by Crippen LogP contribution is 2.37. The third-order valence-corrected chi connectivity index (χ3v) is 7.41. The SMILES string of the molecule is N#Cc1cccc(-c2cc(-c3cn(Cc4cccc(C5(O)CCCC5)n4)nn3)nc(NC3CCOCC3)n2)c1. The summed E-state index contributed by atoms with van der Waals surface area (Å²) in [6, 6.07) is 17.4. The lowest BCUT2D eigenvalue weighted by Gasteiger charge is -2.23. The van der Waals surface area contributed by atoms with Crippen molar-refractivity contribution in [2.45, 2.75) is 56.7 Å². The fraction of sp³-hybridized carbons (Fsp3) is 0.379. The molecule has 4 heterocycles. The zero-order valence-electron chi connectivity index (χ0n) is 21.6. The number of aromatic nitrogens is 6. The van der Waals surface area contributed by atoms with Crippen LogP contribution in [0.5, 0.6) is 0 Å². The molecule has 0 amide bonds. The lowest BCUT2D eigenvalue weighted by Crippen LogP contribution is -2.28. The number of benzene rings is 1. The zero-order valence-corrected chi connectivity index (χ0v) is 21.6. The second kappa shape index (κ2) is 10.9. The first kappa shape index (κ1) is 25.1. The first-order valence-electron chi connectivity index (χ1n) is 13.4. The lowest BCUT2D eigenvalue weighted by atomic mass is 9.97. The van der Waals surface area contributed by atoms with E-state index >= 15 is 0 Å². The maximum atomic E-state index is 11.0. The summed E-state index contributed by atoms with van der Waals surface area (Å²) in [7, 11) is 0. The molecule has 1 aliphatic heterocycles. The Balaban J connectivity index is 1.29. The summed E-state index contributed by atoms with van der Waals surface area (Å²) in [6.45, 7) is 1.83. The first-order valence-corrected chi connectivity index (χ1v) is 13.4. The van der Waals surface area contributed by atoms with Crippen molar-refractivity contribution in [3.8, 4) is 28.7 Å². The molecule has 1 saturated carbocycles. The average Bonchev–Trinajstić information content (AvgIpc) is 3.64. The molecule has 3 aromatic heterocycles. The normalized spacial score (nSPS) is 17.1. The Morgan fingerprint density at radius 2 is 1.79 bits per heavy atom. The Labute approximate surface area is 226 Å². The molecular weight excluding hydrogens is 492 g/mol. The summed E-state index contributed by atoms with van der Waals surface area (Å²) in [5.41, 5.74) is 4.02. The number of rotatable bonds is 7. The van der Waals surface area contributed by atoms with Gasteiger partial charge in [0.25, 0.3) is 0 Å². The van der Waals surface area contributed by atoms with Crippen LogP contribution in [0.15, 0.2) is 54.7 Å². The number of anilines is 1. The molecule has 1 aromatic carbocycles. The van der Waals surface area contributed by atoms with Gasteiger partial charge in [0.1, 0.15) is 11.3 Å². The predicted molar refractivity (Wildman–Crippen MR) is 144 cm³/mol. The smallest absolute Gasteiger partial charge is 0.224 e. The number of nitrogens with one attached hydrogen (secondary N) is 1. The minimum Gasteiger partial charge on any atom is -0.384 e. The number of aliphatic hydroxyl groups is 1. The molecule has 4 aromatic rings. The van der Waals surface area contributed by atoms with Crippen molar-refractivity contribution in [1.29, 1.82) is 5.26 Å². The van der Waals surface area contributed by atoms with Gasteiger partial charge in [0.05, 0.1) is 47.1 Å². The Kier molecular flexibility index (Phi) is 7.00. The molecular formula is C29H30N8O2. The molecule has 198 valence electrons. The molecule has 0 spiro atoms. The van der Waals surface area contributed by atoms with Gasteiger partial charge < -0.3 is 15.2 Å². The van der Waals surface area contributed by atoms with E-state index in [0.717, 1.165) is 55.5 Å². The zero-order chi connectivity index (χ0) is 26.7. The van der Waals surface area contributed by atoms with Gasteiger partial charge >= 0.3 is 0 Å². The molecule has 0 atom stereocenters. The van der Waals surface area contributed by atoms with Crippen LogP contribution in [-0.4, -0.2) is 54.3 Å². The fourth-order valence-electron chi connectivity index (χ4n) is 5.27. The van der Waals surface area contributed by atoms with Crippen molar-refractivity contribution in [1.82, 2.24) is 29.9 Å². The molecule has 6 rings (SSSR count). The monoisotopic (exact) mass is 522 g/mol. The number of hydrogen-bond donors (Lipinski definition) is 2. The summed E-state index contributed by atoms with van der Waals surface area (Å²) in [6.07, 6.45) is 7.12. The van der Waals surface area contributed by atoms with E-state index in [-0.39, 0.29) is 6.04 Å². The number of pyridine rings is 1. The van der Waals surface area contributed by atoms with Gasteiger partial charge in [-0.25, -0.2) is 14.6 Å². The summed E-state index contributed by atoms with van der Waals surface area (Å²) < 4.78 is 7.22. The van der Waals surface area contributed by atoms with Crippen LogP contribution < -0.4 is 5.32 Å². The molecule has 2 aliphatic rings. The second-order valence-electron chi connectivity index (χ2n) is 10.2. The molecule has 0 radical (unpaired) electrons. The van der Waals surface area contributed by atoms with E-state index in [0.29, 0.717) is 48.4 Å². The maximum Gasteiger partial charge on any atom is 0.224 e. The number of ether oxygens (including phenoxy) is 1. The van der Waals surface area contributed by atoms with Crippen LogP contribution in [0.25, 0.3) is 22.6 Å². The van der Waals surface area contributed by atoms with Crippen molar-refractivity contribution in [3.63, 3.8) is 0 Å². The van der Waals surface area contributed by atoms with E-state index in [1.165, 1.54) is 0 Å². The van der Waals surface area contributed by atoms with Crippen molar-refractivity contribution >= 4 is 5.95 Å². The van der Waals surface area contributed by atoms with Crippen LogP contribution in [0.3, 0.4) is 0 Å². The molecule has 39 heavy (non-hydrogen) atoms. The van der Waals surface area contributed by atoms with Crippen LogP contribution in [0.2, 0.25) is 0 Å². The summed E-state index contributed by atoms with van der Waals surface area (Å²) in [4.78, 5) is 14.3. The molecule has 2 fully saturated rings. The standard InChI is InChI=1S/C29H30N8O2/c30-17-20-5-3-6-21(15-20)24-16-25(34-28(33-24)32-22-9-13-39-14-10-22)26-19-37(36-35-26)18-23-7-4-8-27(31-23)29(38)11-1-2-12-29/h3-8,15-16,19,22,38H,1-2,9-14,18H2,(H,32,33,34). The molecule has 10 nitrogen and oxygen atoms in total. The highest BCUT2D eigenvalue weighted by atomic mass is 16.5. The van der Waals surface area contributed by atoms with Crippen molar-refractivity contribution in [3.05, 3.63) is 71.7 Å². The molecule has 0 unspecified atom stereocenters. The largest absolute Gasteiger partial charge is 0.384 e. The Hall–Kier alpha value is -4.20. The van der Waals surface area contributed by atoms with Gasteiger partial charge in [-0.2, -0.15) is 5.26 Å². The third-order valence-electron chi connectivity index (χ3n) is 7.41. The lowest BCUT2D eigenvalue weighted by molar-refractivity contribution is 0.0397. The van der Waals surface area contributed by atoms with Crippen LogP contribution in [0, 0.1) is 11.3 Å². The summed E-state index contributed by atoms with van der Waals surface area (Å²) >= 11 is 0. The number of nitrogens with zero attached hydrogens (tertiary/aromatic N) is 7. The van der Waals surface area contributed by atoms with Crippen LogP contribution in [0.1, 0.15) is 55.5 Å². The number of hydrogen-bond acceptors (Lipinski definition) is 9. The summed E-state index contributed by atoms with van der Waals surface area (Å²) in [5, 5.41) is 32.5. The molecule has 10 heteroatoms.